The lowest BCUT2D eigenvalue weighted by molar-refractivity contribution is -0.697. The zero-order valence-corrected chi connectivity index (χ0v) is 22.8. The minimum Gasteiger partial charge on any atom is -0.396 e. The maximum Gasteiger partial charge on any atom is 0.169 e. The summed E-state index contributed by atoms with van der Waals surface area (Å²) in [6, 6.07) is 9.03. The second kappa shape index (κ2) is 20.5. The molecule has 3 nitrogen and oxygen atoms in total. The smallest absolute Gasteiger partial charge is 0.169 e. The molecular formula is C32H54N2O+2. The maximum atomic E-state index is 8.81. The molecule has 0 aliphatic carbocycles. The summed E-state index contributed by atoms with van der Waals surface area (Å²) in [6.07, 6.45) is 32.9. The highest BCUT2D eigenvalue weighted by Gasteiger charge is 2.06. The lowest BCUT2D eigenvalue weighted by atomic mass is 10.1. The van der Waals surface area contributed by atoms with Gasteiger partial charge in [0.25, 0.3) is 0 Å². The van der Waals surface area contributed by atoms with E-state index in [-0.39, 0.29) is 0 Å². The number of aliphatic hydroxyl groups is 1. The van der Waals surface area contributed by atoms with Crippen LogP contribution in [0, 0.1) is 0 Å². The summed E-state index contributed by atoms with van der Waals surface area (Å²) in [5, 5.41) is 8.81. The number of aromatic nitrogens is 2. The van der Waals surface area contributed by atoms with Crippen LogP contribution in [0.15, 0.2) is 49.1 Å². The first kappa shape index (κ1) is 29.5. The number of hydrogen-bond donors (Lipinski definition) is 1. The molecule has 2 heterocycles. The third-order valence-electron chi connectivity index (χ3n) is 7.21. The Hall–Kier alpha value is -1.74. The fraction of sp³-hybridized carbons (Fsp3) is 0.688. The van der Waals surface area contributed by atoms with Crippen LogP contribution in [0.3, 0.4) is 0 Å². The van der Waals surface area contributed by atoms with Crippen molar-refractivity contribution in [1.82, 2.24) is 0 Å². The van der Waals surface area contributed by atoms with Crippen LogP contribution in [-0.2, 0) is 13.1 Å². The highest BCUT2D eigenvalue weighted by atomic mass is 16.2. The van der Waals surface area contributed by atoms with Crippen molar-refractivity contribution in [3.8, 4) is 11.1 Å². The zero-order chi connectivity index (χ0) is 24.8. The molecule has 0 spiro atoms. The second-order valence-corrected chi connectivity index (χ2v) is 10.4. The number of rotatable bonds is 22. The molecule has 0 aromatic carbocycles. The summed E-state index contributed by atoms with van der Waals surface area (Å²) >= 11 is 0. The van der Waals surface area contributed by atoms with E-state index in [0.29, 0.717) is 6.61 Å². The molecule has 0 saturated heterocycles. The molecule has 0 unspecified atom stereocenters. The van der Waals surface area contributed by atoms with Crippen LogP contribution < -0.4 is 9.13 Å². The lowest BCUT2D eigenvalue weighted by Crippen LogP contribution is -2.33. The number of aliphatic hydroxyl groups excluding tert-OH is 1. The van der Waals surface area contributed by atoms with Gasteiger partial charge in [-0.2, -0.15) is 0 Å². The van der Waals surface area contributed by atoms with Gasteiger partial charge in [-0.1, -0.05) is 90.4 Å². The van der Waals surface area contributed by atoms with Crippen molar-refractivity contribution in [2.24, 2.45) is 0 Å². The summed E-state index contributed by atoms with van der Waals surface area (Å²) in [5.74, 6) is 0. The summed E-state index contributed by atoms with van der Waals surface area (Å²) in [7, 11) is 0. The van der Waals surface area contributed by atoms with Crippen molar-refractivity contribution >= 4 is 0 Å². The first-order valence-electron chi connectivity index (χ1n) is 14.9. The molecule has 0 aliphatic rings. The van der Waals surface area contributed by atoms with Gasteiger partial charge in [0.15, 0.2) is 24.8 Å². The highest BCUT2D eigenvalue weighted by Crippen LogP contribution is 2.16. The van der Waals surface area contributed by atoms with Crippen LogP contribution in [0.4, 0.5) is 0 Å². The van der Waals surface area contributed by atoms with Gasteiger partial charge in [0.05, 0.1) is 0 Å². The molecule has 0 saturated carbocycles. The van der Waals surface area contributed by atoms with Gasteiger partial charge in [0.1, 0.15) is 13.1 Å². The van der Waals surface area contributed by atoms with Crippen LogP contribution in [0.5, 0.6) is 0 Å². The molecule has 0 radical (unpaired) electrons. The van der Waals surface area contributed by atoms with Crippen LogP contribution in [0.25, 0.3) is 11.1 Å². The van der Waals surface area contributed by atoms with E-state index in [1.165, 1.54) is 120 Å². The maximum absolute atomic E-state index is 8.81. The van der Waals surface area contributed by atoms with E-state index in [1.807, 2.05) is 0 Å². The Morgan fingerprint density at radius 3 is 1.11 bits per heavy atom. The standard InChI is InChI=1S/C32H54N2O/c1-2-3-4-5-6-7-8-11-14-17-24-33-26-20-31(21-27-33)32-22-28-34(29-23-32)25-18-15-12-9-10-13-16-19-30-35/h20-23,26-29,35H,2-19,24-25,30H2,1H3/q+2. The number of aryl methyl sites for hydroxylation is 2. The molecule has 1 N–H and O–H groups in total. The molecule has 0 bridgehead atoms. The number of nitrogens with zero attached hydrogens (tertiary/aromatic N) is 2. The van der Waals surface area contributed by atoms with E-state index in [1.54, 1.807) is 0 Å². The quantitative estimate of drug-likeness (QED) is 0.134. The predicted molar refractivity (Wildman–Crippen MR) is 148 cm³/mol. The predicted octanol–water partition coefficient (Wildman–Crippen LogP) is 7.96. The van der Waals surface area contributed by atoms with Crippen molar-refractivity contribution in [2.45, 2.75) is 136 Å². The number of hydrogen-bond acceptors (Lipinski definition) is 1. The SMILES string of the molecule is CCCCCCCCCCCC[n+]1ccc(-c2cc[n+](CCCCCCCCCCO)cc2)cc1. The van der Waals surface area contributed by atoms with E-state index in [9.17, 15) is 0 Å². The molecular weight excluding hydrogens is 428 g/mol. The Bertz CT molecular complexity index is 726. The average molecular weight is 483 g/mol. The third kappa shape index (κ3) is 14.4. The minimum absolute atomic E-state index is 0.347. The molecule has 0 aliphatic heterocycles. The zero-order valence-electron chi connectivity index (χ0n) is 22.8. The van der Waals surface area contributed by atoms with Crippen LogP contribution in [0.2, 0.25) is 0 Å². The van der Waals surface area contributed by atoms with Crippen LogP contribution in [-0.4, -0.2) is 11.7 Å². The van der Waals surface area contributed by atoms with Crippen LogP contribution in [0.1, 0.15) is 122 Å². The van der Waals surface area contributed by atoms with Crippen molar-refractivity contribution in [1.29, 1.82) is 0 Å². The lowest BCUT2D eigenvalue weighted by Gasteiger charge is -2.03. The molecule has 2 rings (SSSR count). The molecule has 3 heteroatoms. The molecule has 196 valence electrons. The Morgan fingerprint density at radius 1 is 0.457 bits per heavy atom. The second-order valence-electron chi connectivity index (χ2n) is 10.4. The van der Waals surface area contributed by atoms with E-state index in [4.69, 9.17) is 5.11 Å². The number of unbranched alkanes of at least 4 members (excludes halogenated alkanes) is 16. The monoisotopic (exact) mass is 482 g/mol. The summed E-state index contributed by atoms with van der Waals surface area (Å²) in [5.41, 5.74) is 2.60. The topological polar surface area (TPSA) is 28.0 Å². The highest BCUT2D eigenvalue weighted by molar-refractivity contribution is 5.60. The third-order valence-corrected chi connectivity index (χ3v) is 7.21. The largest absolute Gasteiger partial charge is 0.396 e. The van der Waals surface area contributed by atoms with Gasteiger partial charge in [0.2, 0.25) is 0 Å². The van der Waals surface area contributed by atoms with E-state index in [2.05, 4.69) is 65.1 Å². The van der Waals surface area contributed by atoms with Crippen molar-refractivity contribution in [2.75, 3.05) is 6.61 Å². The molecule has 0 atom stereocenters. The van der Waals surface area contributed by atoms with Gasteiger partial charge < -0.3 is 5.11 Å². The van der Waals surface area contributed by atoms with Crippen molar-refractivity contribution < 1.29 is 14.2 Å². The minimum atomic E-state index is 0.347. The molecule has 2 aromatic heterocycles. The Labute approximate surface area is 216 Å². The summed E-state index contributed by atoms with van der Waals surface area (Å²) in [4.78, 5) is 0. The molecule has 0 amide bonds. The molecule has 2 aromatic rings. The Morgan fingerprint density at radius 2 is 0.771 bits per heavy atom. The van der Waals surface area contributed by atoms with E-state index < -0.39 is 0 Å². The first-order chi connectivity index (χ1) is 17.3. The number of pyridine rings is 2. The van der Waals surface area contributed by atoms with Gasteiger partial charge >= 0.3 is 0 Å². The Kier molecular flexibility index (Phi) is 17.2. The molecule has 35 heavy (non-hydrogen) atoms. The Balaban J connectivity index is 1.55. The summed E-state index contributed by atoms with van der Waals surface area (Å²) < 4.78 is 4.66. The van der Waals surface area contributed by atoms with Gasteiger partial charge in [-0.15, -0.1) is 0 Å². The normalized spacial score (nSPS) is 11.3. The fourth-order valence-corrected chi connectivity index (χ4v) is 4.85. The summed E-state index contributed by atoms with van der Waals surface area (Å²) in [6.45, 7) is 4.88. The fourth-order valence-electron chi connectivity index (χ4n) is 4.85. The van der Waals surface area contributed by atoms with Crippen molar-refractivity contribution in [3.63, 3.8) is 0 Å². The van der Waals surface area contributed by atoms with Gasteiger partial charge in [-0.3, -0.25) is 0 Å². The van der Waals surface area contributed by atoms with Crippen LogP contribution >= 0.6 is 0 Å². The first-order valence-corrected chi connectivity index (χ1v) is 14.9. The van der Waals surface area contributed by atoms with E-state index in [0.717, 1.165) is 19.5 Å². The average Bonchev–Trinajstić information content (AvgIpc) is 2.89. The molecule has 0 fully saturated rings. The van der Waals surface area contributed by atoms with Gasteiger partial charge in [0, 0.05) is 43.7 Å². The van der Waals surface area contributed by atoms with Gasteiger partial charge in [-0.05, 0) is 30.4 Å². The van der Waals surface area contributed by atoms with Crippen molar-refractivity contribution in [3.05, 3.63) is 49.1 Å². The van der Waals surface area contributed by atoms with Gasteiger partial charge in [-0.25, -0.2) is 9.13 Å². The van der Waals surface area contributed by atoms with E-state index >= 15 is 0 Å².